The fourth-order valence-electron chi connectivity index (χ4n) is 1.86. The fraction of sp³-hybridized carbons (Fsp3) is 0.214. The number of halogens is 2. The van der Waals surface area contributed by atoms with Crippen LogP contribution in [0.5, 0.6) is 0 Å². The summed E-state index contributed by atoms with van der Waals surface area (Å²) < 4.78 is 14.5. The van der Waals surface area contributed by atoms with Gasteiger partial charge in [-0.1, -0.05) is 22.9 Å². The lowest BCUT2D eigenvalue weighted by Gasteiger charge is -2.20. The summed E-state index contributed by atoms with van der Waals surface area (Å²) >= 11 is 3.28. The molecule has 0 radical (unpaired) electrons. The van der Waals surface area contributed by atoms with Crippen LogP contribution in [-0.4, -0.2) is 10.1 Å². The molecule has 0 fully saturated rings. The van der Waals surface area contributed by atoms with Crippen LogP contribution in [0.1, 0.15) is 30.1 Å². The summed E-state index contributed by atoms with van der Waals surface area (Å²) in [5.74, 6) is -0.594. The summed E-state index contributed by atoms with van der Waals surface area (Å²) in [5.41, 5.74) is 1.23. The molecule has 2 nitrogen and oxygen atoms in total. The molecule has 2 atom stereocenters. The summed E-state index contributed by atoms with van der Waals surface area (Å²) in [5, 5.41) is 10.3. The van der Waals surface area contributed by atoms with Gasteiger partial charge in [0.15, 0.2) is 0 Å². The number of rotatable bonds is 3. The van der Waals surface area contributed by atoms with E-state index in [0.717, 1.165) is 10.0 Å². The van der Waals surface area contributed by atoms with E-state index in [1.165, 1.54) is 6.07 Å². The van der Waals surface area contributed by atoms with Gasteiger partial charge in [-0.25, -0.2) is 4.39 Å². The Hall–Kier alpha value is -1.26. The van der Waals surface area contributed by atoms with E-state index in [9.17, 15) is 9.50 Å². The highest BCUT2D eigenvalue weighted by atomic mass is 79.9. The first-order chi connectivity index (χ1) is 8.59. The van der Waals surface area contributed by atoms with Gasteiger partial charge in [-0.3, -0.25) is 4.98 Å². The number of nitrogens with zero attached hydrogens (tertiary/aromatic N) is 1. The van der Waals surface area contributed by atoms with Gasteiger partial charge in [0, 0.05) is 28.3 Å². The zero-order chi connectivity index (χ0) is 13.1. The molecule has 2 rings (SSSR count). The molecule has 0 aliphatic heterocycles. The van der Waals surface area contributed by atoms with E-state index >= 15 is 0 Å². The molecule has 1 heterocycles. The smallest absolute Gasteiger partial charge is 0.129 e. The van der Waals surface area contributed by atoms with Crippen molar-refractivity contribution in [2.75, 3.05) is 0 Å². The lowest BCUT2D eigenvalue weighted by Crippen LogP contribution is -2.09. The largest absolute Gasteiger partial charge is 0.388 e. The zero-order valence-electron chi connectivity index (χ0n) is 9.85. The minimum absolute atomic E-state index is 0.197. The summed E-state index contributed by atoms with van der Waals surface area (Å²) in [6.07, 6.45) is 2.44. The molecule has 0 aliphatic rings. The molecular formula is C14H13BrFNO. The van der Waals surface area contributed by atoms with Crippen molar-refractivity contribution >= 4 is 15.9 Å². The Kier molecular flexibility index (Phi) is 4.09. The Bertz CT molecular complexity index is 533. The van der Waals surface area contributed by atoms with Crippen molar-refractivity contribution in [3.05, 3.63) is 64.1 Å². The van der Waals surface area contributed by atoms with E-state index in [1.54, 1.807) is 24.5 Å². The first-order valence-corrected chi connectivity index (χ1v) is 6.42. The SMILES string of the molecule is CC(c1ccncc1)C(O)c1cc(Br)ccc1F. The van der Waals surface area contributed by atoms with Crippen LogP contribution in [0.25, 0.3) is 0 Å². The molecule has 0 saturated carbocycles. The highest BCUT2D eigenvalue weighted by molar-refractivity contribution is 9.10. The topological polar surface area (TPSA) is 33.1 Å². The Morgan fingerprint density at radius 1 is 1.22 bits per heavy atom. The van der Waals surface area contributed by atoms with Crippen molar-refractivity contribution < 1.29 is 9.50 Å². The highest BCUT2D eigenvalue weighted by Gasteiger charge is 2.21. The molecule has 2 aromatic rings. The number of aliphatic hydroxyl groups excluding tert-OH is 1. The monoisotopic (exact) mass is 309 g/mol. The molecule has 18 heavy (non-hydrogen) atoms. The standard InChI is InChI=1S/C14H13BrFNO/c1-9(10-4-6-17-7-5-10)14(18)12-8-11(15)2-3-13(12)16/h2-9,14,18H,1H3. The maximum Gasteiger partial charge on any atom is 0.129 e. The summed E-state index contributed by atoms with van der Waals surface area (Å²) in [4.78, 5) is 3.93. The molecule has 4 heteroatoms. The Morgan fingerprint density at radius 2 is 1.89 bits per heavy atom. The number of pyridine rings is 1. The Morgan fingerprint density at radius 3 is 2.56 bits per heavy atom. The van der Waals surface area contributed by atoms with Crippen molar-refractivity contribution in [3.63, 3.8) is 0 Å². The van der Waals surface area contributed by atoms with E-state index in [2.05, 4.69) is 20.9 Å². The molecule has 0 spiro atoms. The minimum Gasteiger partial charge on any atom is -0.388 e. The molecule has 1 aromatic carbocycles. The van der Waals surface area contributed by atoms with Crippen molar-refractivity contribution in [1.82, 2.24) is 4.98 Å². The third-order valence-electron chi connectivity index (χ3n) is 2.98. The quantitative estimate of drug-likeness (QED) is 0.935. The van der Waals surface area contributed by atoms with E-state index < -0.39 is 11.9 Å². The molecule has 2 unspecified atom stereocenters. The second-order valence-corrected chi connectivity index (χ2v) is 5.10. The van der Waals surface area contributed by atoms with E-state index in [0.29, 0.717) is 5.56 Å². The third-order valence-corrected chi connectivity index (χ3v) is 3.48. The van der Waals surface area contributed by atoms with Crippen LogP contribution >= 0.6 is 15.9 Å². The van der Waals surface area contributed by atoms with Crippen LogP contribution in [0.4, 0.5) is 4.39 Å². The summed E-state index contributed by atoms with van der Waals surface area (Å²) in [6, 6.07) is 8.22. The third kappa shape index (κ3) is 2.76. The van der Waals surface area contributed by atoms with Gasteiger partial charge in [0.25, 0.3) is 0 Å². The predicted molar refractivity (Wildman–Crippen MR) is 71.7 cm³/mol. The molecule has 0 saturated heterocycles. The molecule has 0 bridgehead atoms. The average Bonchev–Trinajstić information content (AvgIpc) is 2.41. The average molecular weight is 310 g/mol. The summed E-state index contributed by atoms with van der Waals surface area (Å²) in [6.45, 7) is 1.86. The van der Waals surface area contributed by atoms with Gasteiger partial charge in [-0.15, -0.1) is 0 Å². The van der Waals surface area contributed by atoms with Gasteiger partial charge in [0.1, 0.15) is 5.82 Å². The maximum absolute atomic E-state index is 13.7. The van der Waals surface area contributed by atoms with Gasteiger partial charge >= 0.3 is 0 Å². The highest BCUT2D eigenvalue weighted by Crippen LogP contribution is 2.32. The number of aliphatic hydroxyl groups is 1. The lowest BCUT2D eigenvalue weighted by atomic mass is 9.91. The lowest BCUT2D eigenvalue weighted by molar-refractivity contribution is 0.147. The van der Waals surface area contributed by atoms with Gasteiger partial charge in [-0.05, 0) is 35.9 Å². The minimum atomic E-state index is -0.884. The van der Waals surface area contributed by atoms with Crippen LogP contribution in [0.2, 0.25) is 0 Å². The van der Waals surface area contributed by atoms with Gasteiger partial charge in [0.05, 0.1) is 6.10 Å². The van der Waals surface area contributed by atoms with E-state index in [-0.39, 0.29) is 5.92 Å². The number of aromatic nitrogens is 1. The first-order valence-electron chi connectivity index (χ1n) is 5.62. The second kappa shape index (κ2) is 5.59. The van der Waals surface area contributed by atoms with E-state index in [1.807, 2.05) is 19.1 Å². The van der Waals surface area contributed by atoms with Gasteiger partial charge < -0.3 is 5.11 Å². The van der Waals surface area contributed by atoms with E-state index in [4.69, 9.17) is 0 Å². The van der Waals surface area contributed by atoms with Gasteiger partial charge in [0.2, 0.25) is 0 Å². The molecule has 0 aliphatic carbocycles. The first kappa shape index (κ1) is 13.2. The fourth-order valence-corrected chi connectivity index (χ4v) is 2.24. The van der Waals surface area contributed by atoms with Crippen LogP contribution in [0, 0.1) is 5.82 Å². The zero-order valence-corrected chi connectivity index (χ0v) is 11.4. The van der Waals surface area contributed by atoms with Crippen LogP contribution in [0.15, 0.2) is 47.2 Å². The molecular weight excluding hydrogens is 297 g/mol. The van der Waals surface area contributed by atoms with Crippen LogP contribution in [0.3, 0.4) is 0 Å². The Labute approximate surface area is 114 Å². The van der Waals surface area contributed by atoms with Crippen molar-refractivity contribution in [3.8, 4) is 0 Å². The van der Waals surface area contributed by atoms with Crippen molar-refractivity contribution in [2.45, 2.75) is 18.9 Å². The van der Waals surface area contributed by atoms with Crippen LogP contribution < -0.4 is 0 Å². The molecule has 0 amide bonds. The number of hydrogen-bond donors (Lipinski definition) is 1. The van der Waals surface area contributed by atoms with Gasteiger partial charge in [-0.2, -0.15) is 0 Å². The molecule has 94 valence electrons. The number of hydrogen-bond acceptors (Lipinski definition) is 2. The molecule has 1 N–H and O–H groups in total. The Balaban J connectivity index is 2.31. The summed E-state index contributed by atoms with van der Waals surface area (Å²) in [7, 11) is 0. The van der Waals surface area contributed by atoms with Crippen molar-refractivity contribution in [1.29, 1.82) is 0 Å². The van der Waals surface area contributed by atoms with Crippen molar-refractivity contribution in [2.24, 2.45) is 0 Å². The van der Waals surface area contributed by atoms with Crippen LogP contribution in [-0.2, 0) is 0 Å². The number of benzene rings is 1. The second-order valence-electron chi connectivity index (χ2n) is 4.18. The predicted octanol–water partition coefficient (Wildman–Crippen LogP) is 3.82. The maximum atomic E-state index is 13.7. The molecule has 1 aromatic heterocycles. The normalized spacial score (nSPS) is 14.2.